The van der Waals surface area contributed by atoms with Crippen LogP contribution in [0, 0.1) is 0 Å². The average molecular weight is 287 g/mol. The Balaban J connectivity index is 0.00000200. The minimum absolute atomic E-state index is 0. The third-order valence-corrected chi connectivity index (χ3v) is 2.93. The number of sulfonamides is 1. The van der Waals surface area contributed by atoms with E-state index in [1.165, 1.54) is 12.3 Å². The van der Waals surface area contributed by atoms with Crippen molar-refractivity contribution in [1.29, 1.82) is 0 Å². The summed E-state index contributed by atoms with van der Waals surface area (Å²) in [6.07, 6.45) is 2.44. The van der Waals surface area contributed by atoms with Crippen molar-refractivity contribution in [2.24, 2.45) is 0 Å². The number of carbonyl (C=O) groups excluding carboxylic acids is 1. The van der Waals surface area contributed by atoms with Crippen molar-refractivity contribution in [2.45, 2.75) is 0 Å². The zero-order valence-electron chi connectivity index (χ0n) is 10.8. The molecule has 1 aromatic heterocycles. The molecule has 5 nitrogen and oxygen atoms in total. The van der Waals surface area contributed by atoms with Crippen molar-refractivity contribution in [3.05, 3.63) is 59.8 Å². The van der Waals surface area contributed by atoms with Crippen LogP contribution in [0.25, 0.3) is 0 Å². The number of aromatic nitrogens is 1. The maximum Gasteiger partial charge on any atom is 0.230 e. The maximum atomic E-state index is 12.3. The van der Waals surface area contributed by atoms with E-state index in [1.54, 1.807) is 36.4 Å². The van der Waals surface area contributed by atoms with Gasteiger partial charge in [0.15, 0.2) is 11.6 Å². The summed E-state index contributed by atoms with van der Waals surface area (Å²) in [4.78, 5) is 16.2. The predicted molar refractivity (Wildman–Crippen MR) is 78.3 cm³/mol. The molecule has 0 unspecified atom stereocenters. The van der Waals surface area contributed by atoms with E-state index in [0.717, 1.165) is 6.26 Å². The normalized spacial score (nSPS) is 10.4. The Kier molecular flexibility index (Phi) is 5.04. The van der Waals surface area contributed by atoms with Crippen LogP contribution in [0.1, 0.15) is 15.9 Å². The fourth-order valence-corrected chi connectivity index (χ4v) is 2.10. The molecule has 0 aliphatic rings. The van der Waals surface area contributed by atoms with Crippen molar-refractivity contribution in [2.75, 3.05) is 11.0 Å². The summed E-state index contributed by atoms with van der Waals surface area (Å²) in [6, 6.07) is 11.7. The zero-order chi connectivity index (χ0) is 13.9. The van der Waals surface area contributed by atoms with Crippen molar-refractivity contribution >= 4 is 30.0 Å². The van der Waals surface area contributed by atoms with Gasteiger partial charge in [0.25, 0.3) is 0 Å². The predicted octanol–water partition coefficient (Wildman–Crippen LogP) is 1.30. The van der Waals surface area contributed by atoms with Crippen LogP contribution >= 0.6 is 0 Å². The standard InChI is InChI=1S/C13H12N2O3S.B/c1-19(17,18)15-13-11(8-5-9-14-13)12(16)10-6-3-2-4-7-10;/h2-9H,1H3,(H,14,15);. The van der Waals surface area contributed by atoms with Crippen LogP contribution in [-0.4, -0.2) is 33.9 Å². The van der Waals surface area contributed by atoms with Crippen LogP contribution in [0.3, 0.4) is 0 Å². The van der Waals surface area contributed by atoms with Crippen molar-refractivity contribution < 1.29 is 13.2 Å². The number of hydrogen-bond acceptors (Lipinski definition) is 4. The molecule has 20 heavy (non-hydrogen) atoms. The van der Waals surface area contributed by atoms with Gasteiger partial charge >= 0.3 is 0 Å². The fourth-order valence-electron chi connectivity index (χ4n) is 1.59. The highest BCUT2D eigenvalue weighted by Gasteiger charge is 2.16. The van der Waals surface area contributed by atoms with Crippen LogP contribution < -0.4 is 4.72 Å². The lowest BCUT2D eigenvalue weighted by Crippen LogP contribution is -2.15. The lowest BCUT2D eigenvalue weighted by molar-refractivity contribution is 0.103. The van der Waals surface area contributed by atoms with E-state index in [1.807, 2.05) is 0 Å². The van der Waals surface area contributed by atoms with Gasteiger partial charge in [0, 0.05) is 20.2 Å². The number of hydrogen-bond donors (Lipinski definition) is 1. The third kappa shape index (κ3) is 3.93. The fraction of sp³-hybridized carbons (Fsp3) is 0.0769. The first-order valence-corrected chi connectivity index (χ1v) is 7.39. The lowest BCUT2D eigenvalue weighted by Gasteiger charge is -2.08. The minimum Gasteiger partial charge on any atom is -0.288 e. The van der Waals surface area contributed by atoms with E-state index in [4.69, 9.17) is 0 Å². The molecule has 1 N–H and O–H groups in total. The van der Waals surface area contributed by atoms with Crippen LogP contribution in [0.5, 0.6) is 0 Å². The third-order valence-electron chi connectivity index (χ3n) is 2.37. The summed E-state index contributed by atoms with van der Waals surface area (Å²) in [6.45, 7) is 0. The largest absolute Gasteiger partial charge is 0.288 e. The summed E-state index contributed by atoms with van der Waals surface area (Å²) in [5.41, 5.74) is 0.700. The number of carbonyl (C=O) groups is 1. The molecule has 0 saturated heterocycles. The second-order valence-electron chi connectivity index (χ2n) is 3.97. The Hall–Kier alpha value is -2.15. The van der Waals surface area contributed by atoms with Gasteiger partial charge in [-0.2, -0.15) is 0 Å². The number of ketones is 1. The van der Waals surface area contributed by atoms with Gasteiger partial charge in [0.05, 0.1) is 11.8 Å². The zero-order valence-corrected chi connectivity index (χ0v) is 11.6. The first kappa shape index (κ1) is 15.9. The molecule has 0 spiro atoms. The van der Waals surface area contributed by atoms with Crippen LogP contribution in [0.4, 0.5) is 5.82 Å². The molecule has 3 radical (unpaired) electrons. The molecule has 2 aromatic rings. The Morgan fingerprint density at radius 3 is 2.35 bits per heavy atom. The van der Waals surface area contributed by atoms with Gasteiger partial charge in [0.2, 0.25) is 10.0 Å². The summed E-state index contributed by atoms with van der Waals surface area (Å²) in [7, 11) is -3.48. The molecule has 0 aliphatic heterocycles. The average Bonchev–Trinajstić information content (AvgIpc) is 2.38. The van der Waals surface area contributed by atoms with Crippen molar-refractivity contribution in [3.8, 4) is 0 Å². The quantitative estimate of drug-likeness (QED) is 0.679. The maximum absolute atomic E-state index is 12.3. The first-order chi connectivity index (χ1) is 8.97. The summed E-state index contributed by atoms with van der Waals surface area (Å²) < 4.78 is 24.7. The topological polar surface area (TPSA) is 76.1 Å². The molecule has 1 heterocycles. The SMILES string of the molecule is CS(=O)(=O)Nc1ncccc1C(=O)c1ccccc1.[B]. The smallest absolute Gasteiger partial charge is 0.230 e. The number of benzene rings is 1. The van der Waals surface area contributed by atoms with E-state index in [-0.39, 0.29) is 25.6 Å². The number of pyridine rings is 1. The lowest BCUT2D eigenvalue weighted by atomic mass is 10.0. The molecule has 2 rings (SSSR count). The van der Waals surface area contributed by atoms with E-state index in [2.05, 4.69) is 9.71 Å². The number of nitrogens with one attached hydrogen (secondary N) is 1. The van der Waals surface area contributed by atoms with E-state index in [0.29, 0.717) is 5.56 Å². The number of anilines is 1. The van der Waals surface area contributed by atoms with Gasteiger partial charge < -0.3 is 0 Å². The molecular formula is C13H12BN2O3S. The molecule has 0 fully saturated rings. The molecule has 0 saturated carbocycles. The summed E-state index contributed by atoms with van der Waals surface area (Å²) >= 11 is 0. The van der Waals surface area contributed by atoms with Gasteiger partial charge in [-0.05, 0) is 12.1 Å². The minimum atomic E-state index is -3.48. The molecule has 0 atom stereocenters. The summed E-state index contributed by atoms with van der Waals surface area (Å²) in [5.74, 6) is -0.237. The Bertz CT molecular complexity index is 703. The Morgan fingerprint density at radius 1 is 1.10 bits per heavy atom. The molecule has 1 aromatic carbocycles. The van der Waals surface area contributed by atoms with Gasteiger partial charge in [-0.3, -0.25) is 9.52 Å². The van der Waals surface area contributed by atoms with Crippen LogP contribution in [0.2, 0.25) is 0 Å². The first-order valence-electron chi connectivity index (χ1n) is 5.50. The second kappa shape index (κ2) is 6.34. The monoisotopic (exact) mass is 287 g/mol. The highest BCUT2D eigenvalue weighted by atomic mass is 32.2. The van der Waals surface area contributed by atoms with Gasteiger partial charge in [0.1, 0.15) is 0 Å². The Morgan fingerprint density at radius 2 is 1.75 bits per heavy atom. The molecule has 7 heteroatoms. The van der Waals surface area contributed by atoms with Crippen LogP contribution in [-0.2, 0) is 10.0 Å². The van der Waals surface area contributed by atoms with Crippen molar-refractivity contribution in [1.82, 2.24) is 4.98 Å². The highest BCUT2D eigenvalue weighted by molar-refractivity contribution is 7.92. The highest BCUT2D eigenvalue weighted by Crippen LogP contribution is 2.17. The number of rotatable bonds is 4. The van der Waals surface area contributed by atoms with Gasteiger partial charge in [-0.1, -0.05) is 30.3 Å². The van der Waals surface area contributed by atoms with E-state index < -0.39 is 10.0 Å². The summed E-state index contributed by atoms with van der Waals surface area (Å²) in [5, 5.41) is 0. The molecule has 0 bridgehead atoms. The van der Waals surface area contributed by atoms with Crippen LogP contribution in [0.15, 0.2) is 48.7 Å². The van der Waals surface area contributed by atoms with Crippen molar-refractivity contribution in [3.63, 3.8) is 0 Å². The number of nitrogens with zero attached hydrogens (tertiary/aromatic N) is 1. The molecule has 101 valence electrons. The Labute approximate surface area is 119 Å². The van der Waals surface area contributed by atoms with E-state index in [9.17, 15) is 13.2 Å². The molecule has 0 amide bonds. The molecule has 0 aliphatic carbocycles. The van der Waals surface area contributed by atoms with Gasteiger partial charge in [-0.25, -0.2) is 13.4 Å². The second-order valence-corrected chi connectivity index (χ2v) is 5.72. The molecular weight excluding hydrogens is 275 g/mol. The van der Waals surface area contributed by atoms with Gasteiger partial charge in [-0.15, -0.1) is 0 Å². The van der Waals surface area contributed by atoms with E-state index >= 15 is 0 Å².